The number of fused-ring (bicyclic) bond motifs is 1. The van der Waals surface area contributed by atoms with Gasteiger partial charge in [-0.15, -0.1) is 0 Å². The van der Waals surface area contributed by atoms with E-state index in [0.29, 0.717) is 24.0 Å². The van der Waals surface area contributed by atoms with E-state index in [-0.39, 0.29) is 5.82 Å². The van der Waals surface area contributed by atoms with E-state index in [9.17, 15) is 4.39 Å². The minimum Gasteiger partial charge on any atom is -0.444 e. The highest BCUT2D eigenvalue weighted by atomic mass is 19.1. The Hall–Kier alpha value is -2.46. The van der Waals surface area contributed by atoms with Crippen molar-refractivity contribution in [2.45, 2.75) is 25.4 Å². The molecule has 0 aliphatic heterocycles. The number of rotatable bonds is 4. The van der Waals surface area contributed by atoms with Gasteiger partial charge < -0.3 is 9.73 Å². The Morgan fingerprint density at radius 1 is 1.17 bits per heavy atom. The number of oxazole rings is 1. The highest BCUT2D eigenvalue weighted by Gasteiger charge is 2.21. The minimum atomic E-state index is -0.289. The van der Waals surface area contributed by atoms with Crippen molar-refractivity contribution in [3.8, 4) is 11.5 Å². The lowest BCUT2D eigenvalue weighted by atomic mass is 10.1. The molecule has 0 bridgehead atoms. The van der Waals surface area contributed by atoms with E-state index in [1.165, 1.54) is 23.3 Å². The van der Waals surface area contributed by atoms with Gasteiger partial charge in [0.15, 0.2) is 0 Å². The Morgan fingerprint density at radius 3 is 3.00 bits per heavy atom. The SMILES string of the molecule is Fc1cccc(-c2nc(CNC3CCc4ccccc43)co2)c1. The molecule has 0 saturated heterocycles. The molecule has 23 heavy (non-hydrogen) atoms. The Kier molecular flexibility index (Phi) is 3.67. The van der Waals surface area contributed by atoms with Crippen LogP contribution in [0.1, 0.15) is 29.3 Å². The third-order valence-corrected chi connectivity index (χ3v) is 4.29. The molecule has 4 heteroatoms. The van der Waals surface area contributed by atoms with Crippen LogP contribution in [0.4, 0.5) is 4.39 Å². The molecule has 1 heterocycles. The standard InChI is InChI=1S/C19H17FN2O/c20-15-6-3-5-14(10-15)19-22-16(12-23-19)11-21-18-9-8-13-4-1-2-7-17(13)18/h1-7,10,12,18,21H,8-9,11H2. The van der Waals surface area contributed by atoms with Crippen LogP contribution in [0.5, 0.6) is 0 Å². The molecule has 0 fully saturated rings. The van der Waals surface area contributed by atoms with Crippen molar-refractivity contribution >= 4 is 0 Å². The fourth-order valence-corrected chi connectivity index (χ4v) is 3.14. The Bertz CT molecular complexity index is 827. The first-order chi connectivity index (χ1) is 11.3. The lowest BCUT2D eigenvalue weighted by molar-refractivity contribution is 0.521. The van der Waals surface area contributed by atoms with Crippen molar-refractivity contribution in [1.82, 2.24) is 10.3 Å². The minimum absolute atomic E-state index is 0.289. The van der Waals surface area contributed by atoms with Gasteiger partial charge in [0.2, 0.25) is 5.89 Å². The monoisotopic (exact) mass is 308 g/mol. The smallest absolute Gasteiger partial charge is 0.226 e. The summed E-state index contributed by atoms with van der Waals surface area (Å²) in [5, 5.41) is 3.53. The zero-order chi connectivity index (χ0) is 15.6. The molecule has 1 unspecified atom stereocenters. The van der Waals surface area contributed by atoms with Gasteiger partial charge in [-0.1, -0.05) is 30.3 Å². The van der Waals surface area contributed by atoms with Crippen LogP contribution in [-0.2, 0) is 13.0 Å². The van der Waals surface area contributed by atoms with Gasteiger partial charge in [-0.2, -0.15) is 0 Å². The van der Waals surface area contributed by atoms with Crippen LogP contribution in [-0.4, -0.2) is 4.98 Å². The number of aromatic nitrogens is 1. The van der Waals surface area contributed by atoms with Crippen LogP contribution in [0.3, 0.4) is 0 Å². The van der Waals surface area contributed by atoms with Crippen LogP contribution in [0.25, 0.3) is 11.5 Å². The molecule has 0 saturated carbocycles. The second kappa shape index (κ2) is 5.97. The van der Waals surface area contributed by atoms with E-state index < -0.39 is 0 Å². The number of nitrogens with one attached hydrogen (secondary N) is 1. The second-order valence-electron chi connectivity index (χ2n) is 5.83. The predicted octanol–water partition coefficient (Wildman–Crippen LogP) is 4.26. The maximum absolute atomic E-state index is 13.3. The topological polar surface area (TPSA) is 38.1 Å². The molecule has 4 rings (SSSR count). The summed E-state index contributed by atoms with van der Waals surface area (Å²) in [7, 11) is 0. The third kappa shape index (κ3) is 2.90. The average molecular weight is 308 g/mol. The Labute approximate surface area is 134 Å². The van der Waals surface area contributed by atoms with E-state index in [1.54, 1.807) is 18.4 Å². The molecule has 1 N–H and O–H groups in total. The van der Waals surface area contributed by atoms with E-state index in [2.05, 4.69) is 34.6 Å². The fraction of sp³-hybridized carbons (Fsp3) is 0.211. The molecule has 1 aromatic heterocycles. The van der Waals surface area contributed by atoms with Gasteiger partial charge in [-0.05, 0) is 42.2 Å². The van der Waals surface area contributed by atoms with Crippen LogP contribution >= 0.6 is 0 Å². The molecular formula is C19H17FN2O. The van der Waals surface area contributed by atoms with Crippen molar-refractivity contribution in [2.75, 3.05) is 0 Å². The summed E-state index contributed by atoms with van der Waals surface area (Å²) in [6, 6.07) is 15.2. The van der Waals surface area contributed by atoms with Crippen LogP contribution in [0.2, 0.25) is 0 Å². The van der Waals surface area contributed by atoms with Crippen molar-refractivity contribution in [3.63, 3.8) is 0 Å². The molecule has 3 nitrogen and oxygen atoms in total. The van der Waals surface area contributed by atoms with Crippen LogP contribution < -0.4 is 5.32 Å². The summed E-state index contributed by atoms with van der Waals surface area (Å²) in [5.74, 6) is 0.163. The largest absolute Gasteiger partial charge is 0.444 e. The van der Waals surface area contributed by atoms with Crippen molar-refractivity contribution in [3.05, 3.63) is 77.4 Å². The summed E-state index contributed by atoms with van der Waals surface area (Å²) in [5.41, 5.74) is 4.28. The van der Waals surface area contributed by atoms with Gasteiger partial charge in [0.05, 0.1) is 5.69 Å². The first kappa shape index (κ1) is 14.2. The van der Waals surface area contributed by atoms with E-state index in [1.807, 2.05) is 0 Å². The summed E-state index contributed by atoms with van der Waals surface area (Å²) >= 11 is 0. The molecule has 0 spiro atoms. The molecule has 0 radical (unpaired) electrons. The van der Waals surface area contributed by atoms with E-state index >= 15 is 0 Å². The van der Waals surface area contributed by atoms with Gasteiger partial charge in [0.25, 0.3) is 0 Å². The number of halogens is 1. The Morgan fingerprint density at radius 2 is 2.09 bits per heavy atom. The number of aryl methyl sites for hydroxylation is 1. The quantitative estimate of drug-likeness (QED) is 0.782. The zero-order valence-corrected chi connectivity index (χ0v) is 12.6. The predicted molar refractivity (Wildman–Crippen MR) is 86.2 cm³/mol. The van der Waals surface area contributed by atoms with Gasteiger partial charge in [0, 0.05) is 18.2 Å². The average Bonchev–Trinajstić information content (AvgIpc) is 3.20. The molecule has 0 amide bonds. The van der Waals surface area contributed by atoms with E-state index in [0.717, 1.165) is 18.5 Å². The normalized spacial score (nSPS) is 16.5. The van der Waals surface area contributed by atoms with Crippen molar-refractivity contribution in [2.24, 2.45) is 0 Å². The van der Waals surface area contributed by atoms with Crippen molar-refractivity contribution in [1.29, 1.82) is 0 Å². The number of hydrogen-bond donors (Lipinski definition) is 1. The maximum atomic E-state index is 13.3. The molecule has 116 valence electrons. The lowest BCUT2D eigenvalue weighted by Gasteiger charge is -2.12. The van der Waals surface area contributed by atoms with Gasteiger partial charge in [-0.25, -0.2) is 9.37 Å². The third-order valence-electron chi connectivity index (χ3n) is 4.29. The molecule has 1 aliphatic rings. The molecule has 1 aliphatic carbocycles. The summed E-state index contributed by atoms with van der Waals surface area (Å²) < 4.78 is 18.7. The highest BCUT2D eigenvalue weighted by Crippen LogP contribution is 2.31. The van der Waals surface area contributed by atoms with Gasteiger partial charge in [-0.3, -0.25) is 0 Å². The molecular weight excluding hydrogens is 291 g/mol. The van der Waals surface area contributed by atoms with Crippen LogP contribution in [0, 0.1) is 5.82 Å². The second-order valence-corrected chi connectivity index (χ2v) is 5.83. The van der Waals surface area contributed by atoms with E-state index in [4.69, 9.17) is 4.42 Å². The summed E-state index contributed by atoms with van der Waals surface area (Å²) in [4.78, 5) is 4.44. The Balaban J connectivity index is 1.45. The fourth-order valence-electron chi connectivity index (χ4n) is 3.14. The summed E-state index contributed by atoms with van der Waals surface area (Å²) in [6.07, 6.45) is 3.85. The zero-order valence-electron chi connectivity index (χ0n) is 12.6. The number of hydrogen-bond acceptors (Lipinski definition) is 3. The summed E-state index contributed by atoms with van der Waals surface area (Å²) in [6.45, 7) is 0.637. The van der Waals surface area contributed by atoms with Gasteiger partial charge in [0.1, 0.15) is 12.1 Å². The molecule has 3 aromatic rings. The van der Waals surface area contributed by atoms with Gasteiger partial charge >= 0.3 is 0 Å². The number of benzene rings is 2. The first-order valence-electron chi connectivity index (χ1n) is 7.81. The van der Waals surface area contributed by atoms with Crippen LogP contribution in [0.15, 0.2) is 59.2 Å². The van der Waals surface area contributed by atoms with Crippen molar-refractivity contribution < 1.29 is 8.81 Å². The maximum Gasteiger partial charge on any atom is 0.226 e. The molecule has 1 atom stereocenters. The number of nitrogens with zero attached hydrogens (tertiary/aromatic N) is 1. The molecule has 2 aromatic carbocycles. The highest BCUT2D eigenvalue weighted by molar-refractivity contribution is 5.52. The first-order valence-corrected chi connectivity index (χ1v) is 7.81. The lowest BCUT2D eigenvalue weighted by Crippen LogP contribution is -2.18.